The third kappa shape index (κ3) is 2.60. The second-order valence-corrected chi connectivity index (χ2v) is 1.76. The Morgan fingerprint density at radius 2 is 1.92 bits per heavy atom. The quantitative estimate of drug-likeness (QED) is 0.656. The zero-order chi connectivity index (χ0) is 9.19. The van der Waals surface area contributed by atoms with Gasteiger partial charge in [-0.2, -0.15) is 0 Å². The van der Waals surface area contributed by atoms with Crippen molar-refractivity contribution in [2.75, 3.05) is 0 Å². The van der Waals surface area contributed by atoms with Crippen LogP contribution in [0.4, 0.5) is 13.2 Å². The predicted molar refractivity (Wildman–Crippen MR) is 28.8 cm³/mol. The highest BCUT2D eigenvalue weighted by Gasteiger charge is 2.31. The highest BCUT2D eigenvalue weighted by atomic mass is 19.4. The summed E-state index contributed by atoms with van der Waals surface area (Å²) in [6.07, 6.45) is -4.81. The number of ether oxygens (including phenoxy) is 1. The fourth-order valence-electron chi connectivity index (χ4n) is 0.481. The Labute approximate surface area is 64.6 Å². The summed E-state index contributed by atoms with van der Waals surface area (Å²) in [5.41, 5.74) is 0. The van der Waals surface area contributed by atoms with Crippen molar-refractivity contribution in [2.45, 2.75) is 6.36 Å². The Balaban J connectivity index is 2.71. The molecule has 0 saturated heterocycles. The Kier molecular flexibility index (Phi) is 2.03. The normalized spacial score (nSPS) is 11.2. The van der Waals surface area contributed by atoms with Crippen LogP contribution in [0.25, 0.3) is 0 Å². The van der Waals surface area contributed by atoms with Crippen LogP contribution < -0.4 is 4.74 Å². The molecule has 0 N–H and O–H groups in total. The molecule has 1 rings (SSSR count). The molecule has 1 aromatic rings. The molecule has 1 aromatic heterocycles. The first-order chi connectivity index (χ1) is 5.47. The molecule has 0 aliphatic carbocycles. The van der Waals surface area contributed by atoms with Gasteiger partial charge in [0.15, 0.2) is 0 Å². The largest absolute Gasteiger partial charge is 0.574 e. The standard InChI is InChI=1S/C5H2F3N2O2/c6-5(7,8)12-4-2-1-3(11)9-10-4/h1-2H. The van der Waals surface area contributed by atoms with Crippen molar-refractivity contribution in [2.24, 2.45) is 0 Å². The van der Waals surface area contributed by atoms with Crippen molar-refractivity contribution in [3.05, 3.63) is 12.1 Å². The number of nitrogens with zero attached hydrogens (tertiary/aromatic N) is 2. The average Bonchev–Trinajstić information content (AvgIpc) is 1.91. The summed E-state index contributed by atoms with van der Waals surface area (Å²) in [7, 11) is 0. The lowest BCUT2D eigenvalue weighted by Crippen LogP contribution is -2.18. The lowest BCUT2D eigenvalue weighted by Gasteiger charge is -2.05. The second kappa shape index (κ2) is 2.84. The first-order valence-electron chi connectivity index (χ1n) is 2.74. The van der Waals surface area contributed by atoms with Gasteiger partial charge in [-0.05, 0) is 0 Å². The third-order valence-electron chi connectivity index (χ3n) is 0.836. The van der Waals surface area contributed by atoms with E-state index in [1.165, 1.54) is 0 Å². The van der Waals surface area contributed by atoms with Crippen LogP contribution in [0.3, 0.4) is 0 Å². The maximum atomic E-state index is 11.5. The molecule has 0 spiro atoms. The molecule has 12 heavy (non-hydrogen) atoms. The summed E-state index contributed by atoms with van der Waals surface area (Å²) in [6, 6.07) is 1.62. The van der Waals surface area contributed by atoms with E-state index >= 15 is 0 Å². The fraction of sp³-hybridized carbons (Fsp3) is 0.200. The van der Waals surface area contributed by atoms with Crippen LogP contribution in [-0.4, -0.2) is 16.6 Å². The van der Waals surface area contributed by atoms with Crippen molar-refractivity contribution in [1.82, 2.24) is 10.2 Å². The molecule has 0 aliphatic rings. The molecule has 7 heteroatoms. The van der Waals surface area contributed by atoms with Crippen LogP contribution in [-0.2, 0) is 5.11 Å². The van der Waals surface area contributed by atoms with Gasteiger partial charge in [0.05, 0.1) is 0 Å². The molecule has 4 nitrogen and oxygen atoms in total. The monoisotopic (exact) mass is 179 g/mol. The number of aromatic nitrogens is 2. The van der Waals surface area contributed by atoms with Gasteiger partial charge in [-0.3, -0.25) is 5.11 Å². The fourth-order valence-corrected chi connectivity index (χ4v) is 0.481. The van der Waals surface area contributed by atoms with Crippen LogP contribution in [0.2, 0.25) is 0 Å². The third-order valence-corrected chi connectivity index (χ3v) is 0.836. The smallest absolute Gasteiger partial charge is 0.386 e. The molecule has 0 atom stereocenters. The molecule has 0 aliphatic heterocycles. The summed E-state index contributed by atoms with van der Waals surface area (Å²) < 4.78 is 37.8. The molecular weight excluding hydrogens is 177 g/mol. The maximum Gasteiger partial charge on any atom is 0.574 e. The van der Waals surface area contributed by atoms with Crippen LogP contribution in [0.15, 0.2) is 12.1 Å². The van der Waals surface area contributed by atoms with E-state index in [1.807, 2.05) is 0 Å². The zero-order valence-corrected chi connectivity index (χ0v) is 5.50. The average molecular weight is 179 g/mol. The molecule has 0 unspecified atom stereocenters. The van der Waals surface area contributed by atoms with Gasteiger partial charge in [0, 0.05) is 12.1 Å². The van der Waals surface area contributed by atoms with Crippen molar-refractivity contribution < 1.29 is 23.0 Å². The van der Waals surface area contributed by atoms with Crippen LogP contribution in [0.1, 0.15) is 0 Å². The van der Waals surface area contributed by atoms with Gasteiger partial charge >= 0.3 is 6.36 Å². The number of alkyl halides is 3. The van der Waals surface area contributed by atoms with Crippen molar-refractivity contribution in [1.29, 1.82) is 0 Å². The summed E-state index contributed by atoms with van der Waals surface area (Å²) in [5.74, 6) is -1.47. The minimum Gasteiger partial charge on any atom is -0.386 e. The molecule has 1 radical (unpaired) electrons. The van der Waals surface area contributed by atoms with Crippen LogP contribution in [0.5, 0.6) is 11.8 Å². The molecule has 0 amide bonds. The first kappa shape index (κ1) is 8.57. The van der Waals surface area contributed by atoms with E-state index in [2.05, 4.69) is 14.9 Å². The van der Waals surface area contributed by atoms with E-state index in [4.69, 9.17) is 0 Å². The Bertz CT molecular complexity index is 258. The van der Waals surface area contributed by atoms with Gasteiger partial charge < -0.3 is 4.74 Å². The summed E-state index contributed by atoms with van der Waals surface area (Å²) in [4.78, 5) is 0. The summed E-state index contributed by atoms with van der Waals surface area (Å²) in [5, 5.41) is 16.0. The van der Waals surface area contributed by atoms with Crippen LogP contribution in [0, 0.1) is 0 Å². The highest BCUT2D eigenvalue weighted by Crippen LogP contribution is 2.20. The highest BCUT2D eigenvalue weighted by molar-refractivity contribution is 5.13. The lowest BCUT2D eigenvalue weighted by molar-refractivity contribution is -0.276. The van der Waals surface area contributed by atoms with E-state index in [1.54, 1.807) is 0 Å². The molecule has 0 aromatic carbocycles. The van der Waals surface area contributed by atoms with Crippen molar-refractivity contribution in [3.8, 4) is 11.8 Å². The molecule has 65 valence electrons. The Morgan fingerprint density at radius 3 is 2.33 bits per heavy atom. The van der Waals surface area contributed by atoms with Gasteiger partial charge in [-0.15, -0.1) is 23.4 Å². The number of hydrogen-bond acceptors (Lipinski definition) is 3. The van der Waals surface area contributed by atoms with E-state index in [9.17, 15) is 18.3 Å². The molecule has 0 saturated carbocycles. The first-order valence-corrected chi connectivity index (χ1v) is 2.74. The number of hydrogen-bond donors (Lipinski definition) is 0. The molecular formula is C5H2F3N2O2. The summed E-state index contributed by atoms with van der Waals surface area (Å²) in [6.45, 7) is 0. The Morgan fingerprint density at radius 1 is 1.25 bits per heavy atom. The van der Waals surface area contributed by atoms with Crippen molar-refractivity contribution in [3.63, 3.8) is 0 Å². The molecule has 1 heterocycles. The summed E-state index contributed by atoms with van der Waals surface area (Å²) >= 11 is 0. The van der Waals surface area contributed by atoms with Gasteiger partial charge in [-0.25, -0.2) is 0 Å². The molecule has 0 bridgehead atoms. The van der Waals surface area contributed by atoms with E-state index in [0.717, 1.165) is 12.1 Å². The van der Waals surface area contributed by atoms with Gasteiger partial charge in [-0.1, -0.05) is 0 Å². The van der Waals surface area contributed by atoms with Crippen molar-refractivity contribution >= 4 is 0 Å². The number of halogens is 3. The number of rotatable bonds is 1. The van der Waals surface area contributed by atoms with Gasteiger partial charge in [0.1, 0.15) is 0 Å². The Hall–Kier alpha value is -1.53. The lowest BCUT2D eigenvalue weighted by atomic mass is 10.5. The van der Waals surface area contributed by atoms with E-state index in [0.29, 0.717) is 0 Å². The minimum atomic E-state index is -4.81. The van der Waals surface area contributed by atoms with E-state index < -0.39 is 18.1 Å². The zero-order valence-electron chi connectivity index (χ0n) is 5.50. The maximum absolute atomic E-state index is 11.5. The van der Waals surface area contributed by atoms with Gasteiger partial charge in [0.25, 0.3) is 5.88 Å². The minimum absolute atomic E-state index is 0.718. The van der Waals surface area contributed by atoms with Crippen LogP contribution >= 0.6 is 0 Å². The van der Waals surface area contributed by atoms with E-state index in [-0.39, 0.29) is 0 Å². The van der Waals surface area contributed by atoms with Gasteiger partial charge in [0.2, 0.25) is 5.88 Å². The second-order valence-electron chi connectivity index (χ2n) is 1.76. The SMILES string of the molecule is [O]c1ccc(OC(F)(F)F)nn1. The predicted octanol–water partition coefficient (Wildman–Crippen LogP) is 1.52. The molecule has 0 fully saturated rings. The topological polar surface area (TPSA) is 54.9 Å².